The monoisotopic (exact) mass is 468 g/mol. The summed E-state index contributed by atoms with van der Waals surface area (Å²) in [6, 6.07) is 3.54. The van der Waals surface area contributed by atoms with E-state index >= 15 is 0 Å². The molecule has 1 spiro atoms. The third-order valence-corrected chi connectivity index (χ3v) is 9.44. The molecule has 3 fully saturated rings. The van der Waals surface area contributed by atoms with Gasteiger partial charge in [-0.2, -0.15) is 0 Å². The van der Waals surface area contributed by atoms with E-state index in [-0.39, 0.29) is 55.0 Å². The fourth-order valence-corrected chi connectivity index (χ4v) is 7.88. The molecule has 1 heterocycles. The molecule has 0 aliphatic heterocycles. The van der Waals surface area contributed by atoms with Crippen molar-refractivity contribution in [1.29, 1.82) is 0 Å². The Balaban J connectivity index is 1.52. The zero-order valence-corrected chi connectivity index (χ0v) is 19.8. The molecule has 5 atom stereocenters. The normalized spacial score (nSPS) is 36.8. The fraction of sp³-hybridized carbons (Fsp3) is 0.538. The maximum atomic E-state index is 13.6. The summed E-state index contributed by atoms with van der Waals surface area (Å²) in [5.74, 6) is -1.40. The lowest BCUT2D eigenvalue weighted by molar-refractivity contribution is -0.200. The molecule has 1 aromatic rings. The van der Waals surface area contributed by atoms with E-state index in [4.69, 9.17) is 9.47 Å². The fourth-order valence-electron chi connectivity index (χ4n) is 7.27. The molecule has 1 aromatic heterocycles. The molecular formula is C26H28O6S. The van der Waals surface area contributed by atoms with Crippen LogP contribution in [0.1, 0.15) is 55.6 Å². The predicted molar refractivity (Wildman–Crippen MR) is 122 cm³/mol. The first-order valence-electron chi connectivity index (χ1n) is 11.5. The van der Waals surface area contributed by atoms with Crippen molar-refractivity contribution >= 4 is 34.8 Å². The third-order valence-electron chi connectivity index (χ3n) is 8.59. The van der Waals surface area contributed by atoms with E-state index in [1.165, 1.54) is 18.3 Å². The molecule has 0 radical (unpaired) electrons. The minimum atomic E-state index is -1.07. The van der Waals surface area contributed by atoms with Gasteiger partial charge in [0.1, 0.15) is 16.1 Å². The topological polar surface area (TPSA) is 86.7 Å². The second kappa shape index (κ2) is 7.49. The van der Waals surface area contributed by atoms with Gasteiger partial charge in [0.05, 0.1) is 13.2 Å². The van der Waals surface area contributed by atoms with Crippen molar-refractivity contribution in [2.24, 2.45) is 28.1 Å². The molecule has 7 heteroatoms. The van der Waals surface area contributed by atoms with Crippen LogP contribution >= 0.6 is 11.3 Å². The lowest BCUT2D eigenvalue weighted by Crippen LogP contribution is -2.71. The number of allylic oxidation sites excluding steroid dienone is 3. The van der Waals surface area contributed by atoms with Gasteiger partial charge in [0.15, 0.2) is 5.78 Å². The first-order valence-corrected chi connectivity index (χ1v) is 12.3. The van der Waals surface area contributed by atoms with Crippen molar-refractivity contribution in [3.8, 4) is 0 Å². The van der Waals surface area contributed by atoms with Crippen LogP contribution in [0.25, 0.3) is 0 Å². The van der Waals surface area contributed by atoms with Crippen molar-refractivity contribution in [3.05, 3.63) is 46.2 Å². The van der Waals surface area contributed by atoms with Crippen LogP contribution in [0.2, 0.25) is 0 Å². The van der Waals surface area contributed by atoms with Crippen LogP contribution in [0.3, 0.4) is 0 Å². The predicted octanol–water partition coefficient (Wildman–Crippen LogP) is 4.31. The van der Waals surface area contributed by atoms with Crippen LogP contribution in [0.5, 0.6) is 0 Å². The number of hydrogen-bond donors (Lipinski definition) is 0. The summed E-state index contributed by atoms with van der Waals surface area (Å²) in [4.78, 5) is 51.8. The van der Waals surface area contributed by atoms with E-state index in [1.54, 1.807) is 12.1 Å². The van der Waals surface area contributed by atoms with Gasteiger partial charge in [-0.3, -0.25) is 14.4 Å². The van der Waals surface area contributed by atoms with E-state index < -0.39 is 16.2 Å². The van der Waals surface area contributed by atoms with Gasteiger partial charge in [-0.25, -0.2) is 4.79 Å². The molecule has 0 saturated heterocycles. The number of ketones is 2. The van der Waals surface area contributed by atoms with Crippen LogP contribution in [0, 0.1) is 28.1 Å². The Kier molecular flexibility index (Phi) is 5.05. The molecule has 5 aliphatic rings. The minimum Gasteiger partial charge on any atom is -0.465 e. The van der Waals surface area contributed by atoms with E-state index in [9.17, 15) is 19.2 Å². The quantitative estimate of drug-likeness (QED) is 0.364. The molecule has 33 heavy (non-hydrogen) atoms. The second-order valence-corrected chi connectivity index (χ2v) is 11.4. The number of esters is 2. The summed E-state index contributed by atoms with van der Waals surface area (Å²) in [5.41, 5.74) is -0.617. The summed E-state index contributed by atoms with van der Waals surface area (Å²) in [6.45, 7) is 7.68. The Morgan fingerprint density at radius 2 is 2.00 bits per heavy atom. The number of carbonyl (C=O) groups excluding carboxylic acids is 4. The molecule has 6 nitrogen and oxygen atoms in total. The molecule has 5 aliphatic carbocycles. The van der Waals surface area contributed by atoms with Gasteiger partial charge in [0, 0.05) is 35.7 Å². The van der Waals surface area contributed by atoms with Gasteiger partial charge in [0.25, 0.3) is 0 Å². The Morgan fingerprint density at radius 1 is 1.21 bits per heavy atom. The number of thiophene rings is 1. The van der Waals surface area contributed by atoms with Gasteiger partial charge in [-0.1, -0.05) is 37.6 Å². The molecular weight excluding hydrogens is 440 g/mol. The van der Waals surface area contributed by atoms with Crippen molar-refractivity contribution in [2.45, 2.75) is 46.0 Å². The summed E-state index contributed by atoms with van der Waals surface area (Å²) in [7, 11) is 0. The van der Waals surface area contributed by atoms with Crippen LogP contribution < -0.4 is 0 Å². The average Bonchev–Trinajstić information content (AvgIpc) is 3.29. The molecule has 0 aromatic carbocycles. The number of Topliss-reactive ketones (excluding diaryl/α,β-unsaturated/α-hetero) is 2. The van der Waals surface area contributed by atoms with Crippen molar-refractivity contribution in [2.75, 3.05) is 13.2 Å². The summed E-state index contributed by atoms with van der Waals surface area (Å²) in [5, 5.41) is 1.83. The number of fused-ring (bicyclic) bond motifs is 3. The zero-order chi connectivity index (χ0) is 23.6. The average molecular weight is 469 g/mol. The number of carbonyl (C=O) groups is 4. The first-order chi connectivity index (χ1) is 15.6. The Hall–Kier alpha value is -2.54. The maximum Gasteiger partial charge on any atom is 0.348 e. The van der Waals surface area contributed by atoms with Crippen molar-refractivity contribution in [1.82, 2.24) is 0 Å². The van der Waals surface area contributed by atoms with Crippen LogP contribution in [0.4, 0.5) is 0 Å². The van der Waals surface area contributed by atoms with E-state index in [0.29, 0.717) is 16.9 Å². The van der Waals surface area contributed by atoms with Crippen molar-refractivity contribution < 1.29 is 28.7 Å². The third kappa shape index (κ3) is 3.04. The molecule has 6 rings (SSSR count). The first kappa shape index (κ1) is 22.3. The highest BCUT2D eigenvalue weighted by Gasteiger charge is 2.75. The standard InChI is InChI=1S/C26H28O6S/c1-15-10-17-12-26(22(15)29)20(28)11-19-24(3,13-32-23(30)18-6-4-9-33-18)7-5-8-25(19,21(17)26)14-31-16(2)27/h4,6,9-10,19,21H,1,5,7-8,11-14H2,2-3H3/t19?,21?,24-,25-,26-/m0/s1. The van der Waals surface area contributed by atoms with Gasteiger partial charge in [0.2, 0.25) is 0 Å². The van der Waals surface area contributed by atoms with E-state index in [1.807, 2.05) is 11.5 Å². The SMILES string of the molecule is C=C1C=C2C[C@@]3(C(=O)CC4[C@](C)(COC(=O)c5cccs5)CCC[C@@]4(COC(C)=O)C23)C1=O. The number of ether oxygens (including phenoxy) is 2. The van der Waals surface area contributed by atoms with Crippen molar-refractivity contribution in [3.63, 3.8) is 0 Å². The van der Waals surface area contributed by atoms with Crippen LogP contribution in [-0.4, -0.2) is 36.7 Å². The highest BCUT2D eigenvalue weighted by molar-refractivity contribution is 7.11. The molecule has 2 bridgehead atoms. The van der Waals surface area contributed by atoms with E-state index in [2.05, 4.69) is 13.5 Å². The largest absolute Gasteiger partial charge is 0.465 e. The Morgan fingerprint density at radius 3 is 2.70 bits per heavy atom. The minimum absolute atomic E-state index is 0.0448. The van der Waals surface area contributed by atoms with E-state index in [0.717, 1.165) is 24.8 Å². The number of hydrogen-bond acceptors (Lipinski definition) is 7. The summed E-state index contributed by atoms with van der Waals surface area (Å²) < 4.78 is 11.4. The second-order valence-electron chi connectivity index (χ2n) is 10.4. The van der Waals surface area contributed by atoms with Crippen LogP contribution in [-0.2, 0) is 23.9 Å². The smallest absolute Gasteiger partial charge is 0.348 e. The zero-order valence-electron chi connectivity index (χ0n) is 19.0. The van der Waals surface area contributed by atoms with Gasteiger partial charge in [-0.05, 0) is 36.6 Å². The van der Waals surface area contributed by atoms with Gasteiger partial charge < -0.3 is 9.47 Å². The maximum absolute atomic E-state index is 13.6. The Bertz CT molecular complexity index is 1100. The molecule has 3 saturated carbocycles. The molecule has 0 amide bonds. The van der Waals surface area contributed by atoms with Gasteiger partial charge >= 0.3 is 11.9 Å². The lowest BCUT2D eigenvalue weighted by Gasteiger charge is -2.68. The highest BCUT2D eigenvalue weighted by atomic mass is 32.1. The number of rotatable bonds is 5. The lowest BCUT2D eigenvalue weighted by atomic mass is 9.33. The molecule has 174 valence electrons. The molecule has 2 unspecified atom stereocenters. The summed E-state index contributed by atoms with van der Waals surface area (Å²) >= 11 is 1.33. The molecule has 0 N–H and O–H groups in total. The highest BCUT2D eigenvalue weighted by Crippen LogP contribution is 2.73. The Labute approximate surface area is 197 Å². The summed E-state index contributed by atoms with van der Waals surface area (Å²) in [6.07, 6.45) is 4.90. The van der Waals surface area contributed by atoms with Gasteiger partial charge in [-0.15, -0.1) is 11.3 Å². The van der Waals surface area contributed by atoms with Crippen LogP contribution in [0.15, 0.2) is 41.3 Å².